The Labute approximate surface area is 408 Å². The second-order valence-corrected chi connectivity index (χ2v) is 20.1. The summed E-state index contributed by atoms with van der Waals surface area (Å²) in [7, 11) is 0. The van der Waals surface area contributed by atoms with Crippen LogP contribution in [0.1, 0.15) is 45.4 Å². The minimum Gasteiger partial charge on any atom is -0.394 e. The van der Waals surface area contributed by atoms with E-state index >= 15 is 0 Å². The number of fused-ring (bicyclic) bond motifs is 3. The Hall–Kier alpha value is -4.03. The number of pyridine rings is 1. The fourth-order valence-corrected chi connectivity index (χ4v) is 11.0. The number of quaternary nitrogens is 2. The van der Waals surface area contributed by atoms with E-state index in [0.717, 1.165) is 17.1 Å². The van der Waals surface area contributed by atoms with Gasteiger partial charge in [0.05, 0.1) is 25.1 Å². The molecule has 14 atom stereocenters. The number of nitrogen functional groups attached to an aromatic ring is 3. The van der Waals surface area contributed by atoms with E-state index in [4.69, 9.17) is 48.1 Å². The van der Waals surface area contributed by atoms with Crippen LogP contribution in [0.25, 0.3) is 33.5 Å². The van der Waals surface area contributed by atoms with Crippen molar-refractivity contribution in [2.24, 2.45) is 0 Å². The van der Waals surface area contributed by atoms with E-state index in [-0.39, 0.29) is 23.6 Å². The minimum atomic E-state index is -1.19. The molecule has 3 fully saturated rings. The Balaban J connectivity index is 0.000000159. The van der Waals surface area contributed by atoms with E-state index < -0.39 is 74.1 Å². The zero-order valence-corrected chi connectivity index (χ0v) is 41.6. The van der Waals surface area contributed by atoms with Gasteiger partial charge >= 0.3 is 192 Å². The number of aromatic nitrogens is 11. The largest absolute Gasteiger partial charge is 0.394 e. The summed E-state index contributed by atoms with van der Waals surface area (Å²) in [5.74, 6) is 0.541. The summed E-state index contributed by atoms with van der Waals surface area (Å²) in [6.07, 6.45) is 0.145. The topological polar surface area (TPSA) is 421 Å². The standard InChI is InChI=1S/C15H23N5O3Se.C10H12ClN5O3.C10H13N5O4.C4H11NSe/c1-8(16)3-5-24-6-10-12(21)13(22)15(23-10)20-7-19-11-9(17)2-4-18-14(11)20;11-1-4-6(17)7(18)10(19-4)16-3-15-5-8(12)13-2-14-9(5)16;11-8-5-9(13-2-12-8)15(3-14-5)10-7(18)6(17)4(1-16)19-10;1-4(5)2-3-6/h2,4,7-8,10,12-13,15,21-22H,3,5-6,16H2,1H3,(H2,17,18);2-4,6-7,10,17-18H,1H2,(H2,12,13,14);2-4,6-7,10,16-18H,1H2,(H2,11,12,13);4,6H,2-3,5H2,1H3/p+2/t8-,10-,12+,13?,15-;2*4-,6+,7?,10-;4-/m1111/s1. The normalized spacial score (nSPS) is 28.7. The molecule has 9 rings (SSSR count). The SMILES string of the molecule is C[C@@H]([NH3+])CC[SeH].C[C@@H]([NH3+])CC[Se]C[C@H]1O[C@@H](n2cnc3c(N)ccnc32)C(O)[C@H]1O.Nc1ncnc2c1ncn2[C@@H]1O[C@H](CCl)[C@H](O)C1O.Nc1ncnc2c1ncn2[C@@H]1O[C@H](CO)[C@H](O)C1O. The first kappa shape index (κ1) is 53.3. The third-order valence-electron chi connectivity index (χ3n) is 11.1. The van der Waals surface area contributed by atoms with Crippen molar-refractivity contribution in [3.8, 4) is 0 Å². The van der Waals surface area contributed by atoms with Crippen molar-refractivity contribution >= 4 is 93.4 Å². The molecule has 6 aromatic rings. The number of anilines is 3. The summed E-state index contributed by atoms with van der Waals surface area (Å²) in [6.45, 7) is 3.84. The van der Waals surface area contributed by atoms with Crippen LogP contribution in [0.2, 0.25) is 16.0 Å². The van der Waals surface area contributed by atoms with E-state index in [1.54, 1.807) is 23.2 Å². The van der Waals surface area contributed by atoms with Gasteiger partial charge in [-0.3, -0.25) is 9.13 Å². The van der Waals surface area contributed by atoms with Crippen LogP contribution in [0.3, 0.4) is 0 Å². The maximum Gasteiger partial charge on any atom is 0.167 e. The molecule has 3 aliphatic rings. The van der Waals surface area contributed by atoms with Crippen LogP contribution in [-0.4, -0.2) is 200 Å². The molecule has 0 amide bonds. The predicted octanol–water partition coefficient (Wildman–Crippen LogP) is -4.19. The summed E-state index contributed by atoms with van der Waals surface area (Å²) >= 11 is 8.58. The minimum absolute atomic E-state index is 0.0818. The molecule has 29 heteroatoms. The maximum atomic E-state index is 10.4. The number of imidazole rings is 3. The molecule has 26 nitrogen and oxygen atoms in total. The zero-order chi connectivity index (χ0) is 49.4. The molecule has 9 heterocycles. The Kier molecular flexibility index (Phi) is 19.0. The molecular weight excluding hydrogens is 1050 g/mol. The quantitative estimate of drug-likeness (QED) is 0.0314. The van der Waals surface area contributed by atoms with Gasteiger partial charge in [-0.15, -0.1) is 11.6 Å². The van der Waals surface area contributed by atoms with Crippen LogP contribution in [0, 0.1) is 0 Å². The summed E-state index contributed by atoms with van der Waals surface area (Å²) < 4.78 is 21.5. The molecule has 6 aromatic heterocycles. The average Bonchev–Trinajstić information content (AvgIpc) is 4.18. The van der Waals surface area contributed by atoms with Crippen LogP contribution in [-0.2, 0) is 14.2 Å². The summed E-state index contributed by atoms with van der Waals surface area (Å²) in [5, 5.41) is 72.3. The number of nitrogens with zero attached hydrogens (tertiary/aromatic N) is 11. The molecule has 374 valence electrons. The molecule has 19 N–H and O–H groups in total. The van der Waals surface area contributed by atoms with Gasteiger partial charge in [-0.1, -0.05) is 0 Å². The molecule has 0 aliphatic carbocycles. The van der Waals surface area contributed by atoms with E-state index in [9.17, 15) is 30.6 Å². The number of hydrogen-bond donors (Lipinski definition) is 12. The van der Waals surface area contributed by atoms with E-state index in [2.05, 4.69) is 81.2 Å². The molecule has 0 bridgehead atoms. The van der Waals surface area contributed by atoms with Crippen molar-refractivity contribution < 1.29 is 61.4 Å². The fourth-order valence-electron chi connectivity index (χ4n) is 7.25. The number of halogens is 1. The number of aliphatic hydroxyl groups is 7. The molecule has 0 radical (unpaired) electrons. The number of nitrogens with two attached hydrogens (primary N) is 3. The van der Waals surface area contributed by atoms with Gasteiger partial charge in [0.15, 0.2) is 35.4 Å². The Morgan fingerprint density at radius 2 is 1.09 bits per heavy atom. The molecule has 0 saturated carbocycles. The molecule has 0 aromatic carbocycles. The van der Waals surface area contributed by atoms with Crippen LogP contribution >= 0.6 is 11.6 Å². The first-order valence-corrected chi connectivity index (χ1v) is 25.8. The van der Waals surface area contributed by atoms with Gasteiger partial charge in [-0.25, -0.2) is 29.9 Å². The van der Waals surface area contributed by atoms with Gasteiger partial charge < -0.3 is 46.5 Å². The Bertz CT molecular complexity index is 2420. The number of aliphatic hydroxyl groups excluding tert-OH is 7. The number of ether oxygens (including phenoxy) is 3. The van der Waals surface area contributed by atoms with Crippen LogP contribution in [0.5, 0.6) is 0 Å². The van der Waals surface area contributed by atoms with Crippen molar-refractivity contribution in [2.45, 2.75) is 128 Å². The van der Waals surface area contributed by atoms with Crippen molar-refractivity contribution in [1.82, 2.24) is 53.6 Å². The summed E-state index contributed by atoms with van der Waals surface area (Å²) in [4.78, 5) is 32.4. The molecule has 0 spiro atoms. The third-order valence-corrected chi connectivity index (χ3v) is 14.2. The van der Waals surface area contributed by atoms with E-state index in [1.807, 2.05) is 0 Å². The summed E-state index contributed by atoms with van der Waals surface area (Å²) in [6, 6.07) is 2.75. The van der Waals surface area contributed by atoms with Crippen molar-refractivity contribution in [1.29, 1.82) is 0 Å². The smallest absolute Gasteiger partial charge is 0.167 e. The average molecular weight is 1110 g/mol. The predicted molar refractivity (Wildman–Crippen MR) is 248 cm³/mol. The molecule has 3 aliphatic heterocycles. The second-order valence-electron chi connectivity index (χ2n) is 16.5. The number of hydrogen-bond acceptors (Lipinski definition) is 21. The molecular formula is C39H61ClN16O10Se2+2. The number of rotatable bonds is 12. The van der Waals surface area contributed by atoms with Gasteiger partial charge in [0, 0.05) is 0 Å². The van der Waals surface area contributed by atoms with Gasteiger partial charge in [-0.05, 0) is 0 Å². The van der Waals surface area contributed by atoms with Crippen LogP contribution < -0.4 is 28.7 Å². The summed E-state index contributed by atoms with van der Waals surface area (Å²) in [5.41, 5.74) is 28.3. The third kappa shape index (κ3) is 11.9. The first-order valence-electron chi connectivity index (χ1n) is 21.5. The van der Waals surface area contributed by atoms with Crippen LogP contribution in [0.15, 0.2) is 43.9 Å². The first-order chi connectivity index (χ1) is 32.5. The van der Waals surface area contributed by atoms with Crippen molar-refractivity contribution in [3.05, 3.63) is 43.9 Å². The van der Waals surface area contributed by atoms with Crippen molar-refractivity contribution in [2.75, 3.05) is 29.7 Å². The second kappa shape index (κ2) is 24.2. The van der Waals surface area contributed by atoms with E-state index in [0.29, 0.717) is 66.2 Å². The molecule has 68 heavy (non-hydrogen) atoms. The van der Waals surface area contributed by atoms with Gasteiger partial charge in [0.1, 0.15) is 60.3 Å². The Morgan fingerprint density at radius 1 is 0.647 bits per heavy atom. The van der Waals surface area contributed by atoms with Gasteiger partial charge in [0.2, 0.25) is 0 Å². The molecule has 3 unspecified atom stereocenters. The fraction of sp³-hybridized carbons (Fsp3) is 0.590. The van der Waals surface area contributed by atoms with Gasteiger partial charge in [-0.2, -0.15) is 0 Å². The maximum absolute atomic E-state index is 10.4. The van der Waals surface area contributed by atoms with Crippen LogP contribution in [0.4, 0.5) is 17.3 Å². The molecule has 3 saturated heterocycles. The van der Waals surface area contributed by atoms with Crippen molar-refractivity contribution in [3.63, 3.8) is 0 Å². The monoisotopic (exact) mass is 1110 g/mol. The van der Waals surface area contributed by atoms with E-state index in [1.165, 1.54) is 46.2 Å². The number of alkyl halides is 1. The zero-order valence-electron chi connectivity index (χ0n) is 37.2. The van der Waals surface area contributed by atoms with Gasteiger partial charge in [0.25, 0.3) is 0 Å². The Morgan fingerprint density at radius 3 is 1.51 bits per heavy atom.